The minimum Gasteiger partial charge on any atom is -0.493 e. The van der Waals surface area contributed by atoms with E-state index in [0.717, 1.165) is 18.2 Å². The summed E-state index contributed by atoms with van der Waals surface area (Å²) in [6, 6.07) is 8.50. The van der Waals surface area contributed by atoms with E-state index in [9.17, 15) is 36.6 Å². The fourth-order valence-electron chi connectivity index (χ4n) is 3.14. The fraction of sp³-hybridized carbons (Fsp3) is 0.455. The molecule has 0 saturated heterocycles. The van der Waals surface area contributed by atoms with Gasteiger partial charge in [0, 0.05) is 0 Å². The summed E-state index contributed by atoms with van der Waals surface area (Å²) in [5.41, 5.74) is 2.99. The highest BCUT2D eigenvalue weighted by molar-refractivity contribution is 5.85. The SMILES string of the molecule is Cl.NC(CO)(CO)CCc1ccc(OCCCc2ccccc2C(F)(F)F)c(C(F)(F)F)c1. The number of rotatable bonds is 10. The monoisotopic (exact) mass is 501 g/mol. The summed E-state index contributed by atoms with van der Waals surface area (Å²) < 4.78 is 84.8. The maximum Gasteiger partial charge on any atom is 0.419 e. The second kappa shape index (κ2) is 11.9. The maximum absolute atomic E-state index is 13.5. The van der Waals surface area contributed by atoms with Gasteiger partial charge < -0.3 is 20.7 Å². The predicted molar refractivity (Wildman–Crippen MR) is 113 cm³/mol. The number of aliphatic hydroxyl groups excluding tert-OH is 2. The first-order valence-corrected chi connectivity index (χ1v) is 9.88. The van der Waals surface area contributed by atoms with E-state index in [1.165, 1.54) is 24.3 Å². The molecule has 0 aromatic heterocycles. The van der Waals surface area contributed by atoms with Crippen LogP contribution in [0.5, 0.6) is 5.75 Å². The van der Waals surface area contributed by atoms with Crippen molar-refractivity contribution in [3.05, 3.63) is 64.7 Å². The Labute approximate surface area is 193 Å². The van der Waals surface area contributed by atoms with Gasteiger partial charge in [-0.3, -0.25) is 0 Å². The third kappa shape index (κ3) is 8.37. The van der Waals surface area contributed by atoms with Gasteiger partial charge >= 0.3 is 12.4 Å². The molecule has 4 N–H and O–H groups in total. The van der Waals surface area contributed by atoms with Gasteiger partial charge in [-0.15, -0.1) is 12.4 Å². The molecule has 2 rings (SSSR count). The summed E-state index contributed by atoms with van der Waals surface area (Å²) in [4.78, 5) is 0. The summed E-state index contributed by atoms with van der Waals surface area (Å²) in [6.07, 6.45) is -8.97. The zero-order valence-corrected chi connectivity index (χ0v) is 18.4. The number of ether oxygens (including phenoxy) is 1. The highest BCUT2D eigenvalue weighted by atomic mass is 35.5. The summed E-state index contributed by atoms with van der Waals surface area (Å²) in [5, 5.41) is 18.4. The van der Waals surface area contributed by atoms with E-state index in [2.05, 4.69) is 0 Å². The lowest BCUT2D eigenvalue weighted by atomic mass is 9.93. The van der Waals surface area contributed by atoms with E-state index in [4.69, 9.17) is 10.5 Å². The molecule has 4 nitrogen and oxygen atoms in total. The zero-order chi connectivity index (χ0) is 24.0. The fourth-order valence-corrected chi connectivity index (χ4v) is 3.14. The normalized spacial score (nSPS) is 12.4. The first-order valence-electron chi connectivity index (χ1n) is 9.88. The molecule has 2 aromatic rings. The Hall–Kier alpha value is -2.01. The molecule has 0 amide bonds. The molecular formula is C22H26ClF6NO3. The smallest absolute Gasteiger partial charge is 0.419 e. The quantitative estimate of drug-likeness (QED) is 0.324. The van der Waals surface area contributed by atoms with Gasteiger partial charge in [-0.2, -0.15) is 26.3 Å². The van der Waals surface area contributed by atoms with Crippen molar-refractivity contribution in [3.63, 3.8) is 0 Å². The zero-order valence-electron chi connectivity index (χ0n) is 17.5. The first kappa shape index (κ1) is 29.0. The molecule has 0 aliphatic heterocycles. The van der Waals surface area contributed by atoms with E-state index in [1.807, 2.05) is 0 Å². The van der Waals surface area contributed by atoms with Gasteiger partial charge in [-0.05, 0) is 55.0 Å². The standard InChI is InChI=1S/C22H25F6NO3.ClH/c23-21(24,25)17-6-2-1-4-16(17)5-3-11-32-19-8-7-15(12-18(19)22(26,27)28)9-10-20(29,13-30)14-31;/h1-2,4,6-8,12,30-31H,3,5,9-11,13-14,29H2;1H. The van der Waals surface area contributed by atoms with E-state index in [-0.39, 0.29) is 50.3 Å². The number of hydrogen-bond acceptors (Lipinski definition) is 4. The lowest BCUT2D eigenvalue weighted by Gasteiger charge is -2.24. The number of alkyl halides is 6. The van der Waals surface area contributed by atoms with Crippen molar-refractivity contribution < 1.29 is 41.3 Å². The van der Waals surface area contributed by atoms with Gasteiger partial charge in [0.05, 0.1) is 36.5 Å². The number of halogens is 7. The topological polar surface area (TPSA) is 75.7 Å². The average Bonchev–Trinajstić information content (AvgIpc) is 2.74. The lowest BCUT2D eigenvalue weighted by molar-refractivity contribution is -0.139. The number of aryl methyl sites for hydroxylation is 2. The Kier molecular flexibility index (Phi) is 10.5. The van der Waals surface area contributed by atoms with Crippen LogP contribution < -0.4 is 10.5 Å². The first-order chi connectivity index (χ1) is 14.9. The molecule has 0 saturated carbocycles. The molecule has 0 aliphatic rings. The largest absolute Gasteiger partial charge is 0.493 e. The number of aliphatic hydroxyl groups is 2. The maximum atomic E-state index is 13.5. The van der Waals surface area contributed by atoms with Crippen LogP contribution >= 0.6 is 12.4 Å². The summed E-state index contributed by atoms with van der Waals surface area (Å²) in [6.45, 7) is -1.24. The van der Waals surface area contributed by atoms with Crippen LogP contribution in [-0.2, 0) is 25.2 Å². The van der Waals surface area contributed by atoms with Crippen LogP contribution in [0, 0.1) is 0 Å². The number of nitrogens with two attached hydrogens (primary N) is 1. The molecular weight excluding hydrogens is 476 g/mol. The molecule has 33 heavy (non-hydrogen) atoms. The van der Waals surface area contributed by atoms with Crippen LogP contribution in [0.1, 0.15) is 35.1 Å². The molecule has 0 spiro atoms. The van der Waals surface area contributed by atoms with Crippen LogP contribution in [0.25, 0.3) is 0 Å². The molecule has 0 unspecified atom stereocenters. The molecule has 0 radical (unpaired) electrons. The van der Waals surface area contributed by atoms with Crippen LogP contribution in [0.3, 0.4) is 0 Å². The van der Waals surface area contributed by atoms with Crippen LogP contribution in [0.2, 0.25) is 0 Å². The van der Waals surface area contributed by atoms with Crippen molar-refractivity contribution in [2.75, 3.05) is 19.8 Å². The van der Waals surface area contributed by atoms with Crippen molar-refractivity contribution in [2.45, 2.75) is 43.6 Å². The van der Waals surface area contributed by atoms with Gasteiger partial charge in [0.2, 0.25) is 0 Å². The Morgan fingerprint density at radius 1 is 0.818 bits per heavy atom. The third-order valence-electron chi connectivity index (χ3n) is 5.06. The van der Waals surface area contributed by atoms with E-state index < -0.39 is 48.0 Å². The third-order valence-corrected chi connectivity index (χ3v) is 5.06. The summed E-state index contributed by atoms with van der Waals surface area (Å²) >= 11 is 0. The van der Waals surface area contributed by atoms with Gasteiger partial charge in [0.1, 0.15) is 5.75 Å². The molecule has 2 aromatic carbocycles. The molecule has 186 valence electrons. The Morgan fingerprint density at radius 2 is 1.42 bits per heavy atom. The van der Waals surface area contributed by atoms with Gasteiger partial charge in [-0.1, -0.05) is 24.3 Å². The Balaban J connectivity index is 0.00000544. The average molecular weight is 502 g/mol. The van der Waals surface area contributed by atoms with E-state index in [0.29, 0.717) is 5.56 Å². The lowest BCUT2D eigenvalue weighted by Crippen LogP contribution is -2.47. The second-order valence-electron chi connectivity index (χ2n) is 7.61. The molecule has 11 heteroatoms. The van der Waals surface area contributed by atoms with Gasteiger partial charge in [0.25, 0.3) is 0 Å². The van der Waals surface area contributed by atoms with Crippen molar-refractivity contribution in [2.24, 2.45) is 5.73 Å². The van der Waals surface area contributed by atoms with E-state index in [1.54, 1.807) is 0 Å². The van der Waals surface area contributed by atoms with Crippen LogP contribution in [0.15, 0.2) is 42.5 Å². The summed E-state index contributed by atoms with van der Waals surface area (Å²) in [5.74, 6) is -0.423. The highest BCUT2D eigenvalue weighted by Crippen LogP contribution is 2.37. The van der Waals surface area contributed by atoms with Crippen molar-refractivity contribution in [3.8, 4) is 5.75 Å². The minimum absolute atomic E-state index is 0. The number of hydrogen-bond donors (Lipinski definition) is 3. The Bertz CT molecular complexity index is 885. The van der Waals surface area contributed by atoms with Gasteiger partial charge in [-0.25, -0.2) is 0 Å². The van der Waals surface area contributed by atoms with Crippen molar-refractivity contribution in [1.82, 2.24) is 0 Å². The van der Waals surface area contributed by atoms with E-state index >= 15 is 0 Å². The van der Waals surface area contributed by atoms with Crippen LogP contribution in [-0.4, -0.2) is 35.6 Å². The highest BCUT2D eigenvalue weighted by Gasteiger charge is 2.35. The molecule has 0 aliphatic carbocycles. The van der Waals surface area contributed by atoms with Crippen LogP contribution in [0.4, 0.5) is 26.3 Å². The van der Waals surface area contributed by atoms with Crippen molar-refractivity contribution in [1.29, 1.82) is 0 Å². The Morgan fingerprint density at radius 3 is 2.00 bits per heavy atom. The number of benzene rings is 2. The minimum atomic E-state index is -4.71. The second-order valence-corrected chi connectivity index (χ2v) is 7.61. The van der Waals surface area contributed by atoms with Gasteiger partial charge in [0.15, 0.2) is 0 Å². The summed E-state index contributed by atoms with van der Waals surface area (Å²) in [7, 11) is 0. The van der Waals surface area contributed by atoms with Crippen molar-refractivity contribution >= 4 is 12.4 Å². The molecule has 0 bridgehead atoms. The molecule has 0 heterocycles. The molecule has 0 atom stereocenters. The molecule has 0 fully saturated rings. The predicted octanol–water partition coefficient (Wildman–Crippen LogP) is 4.77.